The third kappa shape index (κ3) is 3.40. The van der Waals surface area contributed by atoms with Gasteiger partial charge in [-0.25, -0.2) is 4.98 Å². The second-order valence-electron chi connectivity index (χ2n) is 4.38. The number of aliphatic hydroxyl groups excluding tert-OH is 1. The van der Waals surface area contributed by atoms with E-state index in [1.807, 2.05) is 19.2 Å². The fourth-order valence-corrected chi connectivity index (χ4v) is 2.18. The number of hydrogen-bond acceptors (Lipinski definition) is 3. The molecular weight excluding hydrogens is 294 g/mol. The summed E-state index contributed by atoms with van der Waals surface area (Å²) in [5, 5.41) is 13.5. The van der Waals surface area contributed by atoms with Crippen LogP contribution < -0.4 is 0 Å². The van der Waals surface area contributed by atoms with Gasteiger partial charge in [-0.3, -0.25) is 4.68 Å². The van der Waals surface area contributed by atoms with E-state index >= 15 is 0 Å². The highest BCUT2D eigenvalue weighted by atomic mass is 79.9. The highest BCUT2D eigenvalue weighted by Gasteiger charge is 2.12. The summed E-state index contributed by atoms with van der Waals surface area (Å²) in [6.45, 7) is 0.156. The molecular formula is C13H16BrN3O. The average Bonchev–Trinajstić information content (AvgIpc) is 2.77. The molecule has 96 valence electrons. The Labute approximate surface area is 115 Å². The molecule has 1 atom stereocenters. The van der Waals surface area contributed by atoms with E-state index in [-0.39, 0.29) is 12.5 Å². The zero-order valence-corrected chi connectivity index (χ0v) is 11.8. The van der Waals surface area contributed by atoms with Crippen LogP contribution in [0.4, 0.5) is 0 Å². The van der Waals surface area contributed by atoms with E-state index in [0.29, 0.717) is 0 Å². The first-order valence-corrected chi connectivity index (χ1v) is 6.66. The Morgan fingerprint density at radius 2 is 2.00 bits per heavy atom. The van der Waals surface area contributed by atoms with Crippen molar-refractivity contribution in [1.29, 1.82) is 0 Å². The van der Waals surface area contributed by atoms with Crippen molar-refractivity contribution in [2.45, 2.75) is 12.8 Å². The van der Waals surface area contributed by atoms with Crippen molar-refractivity contribution in [2.24, 2.45) is 13.0 Å². The quantitative estimate of drug-likeness (QED) is 0.918. The minimum Gasteiger partial charge on any atom is -0.396 e. The predicted molar refractivity (Wildman–Crippen MR) is 73.1 cm³/mol. The summed E-state index contributed by atoms with van der Waals surface area (Å²) in [6, 6.07) is 8.19. The van der Waals surface area contributed by atoms with E-state index in [2.05, 4.69) is 38.1 Å². The zero-order chi connectivity index (χ0) is 13.0. The summed E-state index contributed by atoms with van der Waals surface area (Å²) in [7, 11) is 1.87. The van der Waals surface area contributed by atoms with E-state index in [1.165, 1.54) is 5.56 Å². The molecule has 0 saturated carbocycles. The van der Waals surface area contributed by atoms with Gasteiger partial charge in [-0.05, 0) is 30.0 Å². The number of nitrogens with zero attached hydrogens (tertiary/aromatic N) is 3. The largest absolute Gasteiger partial charge is 0.396 e. The molecule has 0 aliphatic heterocycles. The van der Waals surface area contributed by atoms with Crippen LogP contribution in [-0.4, -0.2) is 26.5 Å². The van der Waals surface area contributed by atoms with Gasteiger partial charge in [0.15, 0.2) is 0 Å². The third-order valence-corrected chi connectivity index (χ3v) is 3.50. The van der Waals surface area contributed by atoms with Crippen molar-refractivity contribution in [3.05, 3.63) is 46.5 Å². The van der Waals surface area contributed by atoms with E-state index in [1.54, 1.807) is 11.0 Å². The fraction of sp³-hybridized carbons (Fsp3) is 0.385. The maximum Gasteiger partial charge on any atom is 0.138 e. The molecule has 18 heavy (non-hydrogen) atoms. The Bertz CT molecular complexity index is 495. The van der Waals surface area contributed by atoms with Crippen molar-refractivity contribution in [3.63, 3.8) is 0 Å². The van der Waals surface area contributed by atoms with Gasteiger partial charge in [-0.2, -0.15) is 5.10 Å². The van der Waals surface area contributed by atoms with Gasteiger partial charge in [0.1, 0.15) is 12.2 Å². The summed E-state index contributed by atoms with van der Waals surface area (Å²) >= 11 is 3.42. The third-order valence-electron chi connectivity index (χ3n) is 2.97. The Kier molecular flexibility index (Phi) is 4.49. The summed E-state index contributed by atoms with van der Waals surface area (Å²) in [5.41, 5.74) is 1.22. The standard InChI is InChI=1S/C13H16BrN3O/c1-17-13(15-9-16-17)7-11(8-18)6-10-2-4-12(14)5-3-10/h2-5,9,11,18H,6-8H2,1H3. The van der Waals surface area contributed by atoms with Gasteiger partial charge in [0.25, 0.3) is 0 Å². The lowest BCUT2D eigenvalue weighted by atomic mass is 9.97. The second-order valence-corrected chi connectivity index (χ2v) is 5.30. The molecule has 1 aromatic carbocycles. The molecule has 0 fully saturated rings. The average molecular weight is 310 g/mol. The summed E-state index contributed by atoms with van der Waals surface area (Å²) in [5.74, 6) is 1.08. The molecule has 1 unspecified atom stereocenters. The maximum atomic E-state index is 9.46. The minimum absolute atomic E-state index is 0.156. The molecule has 0 radical (unpaired) electrons. The second kappa shape index (κ2) is 6.11. The number of aromatic nitrogens is 3. The number of benzene rings is 1. The van der Waals surface area contributed by atoms with Gasteiger partial charge in [0.05, 0.1) is 0 Å². The SMILES string of the molecule is Cn1ncnc1CC(CO)Cc1ccc(Br)cc1. The van der Waals surface area contributed by atoms with Crippen molar-refractivity contribution in [1.82, 2.24) is 14.8 Å². The lowest BCUT2D eigenvalue weighted by Gasteiger charge is -2.13. The minimum atomic E-state index is 0.156. The Hall–Kier alpha value is -1.20. The molecule has 0 amide bonds. The molecule has 2 aromatic rings. The van der Waals surface area contributed by atoms with Crippen LogP contribution in [0.5, 0.6) is 0 Å². The summed E-state index contributed by atoms with van der Waals surface area (Å²) in [4.78, 5) is 4.19. The number of rotatable bonds is 5. The molecule has 1 N–H and O–H groups in total. The van der Waals surface area contributed by atoms with Crippen LogP contribution in [0.1, 0.15) is 11.4 Å². The first-order valence-electron chi connectivity index (χ1n) is 5.87. The van der Waals surface area contributed by atoms with Gasteiger partial charge < -0.3 is 5.11 Å². The molecule has 0 spiro atoms. The lowest BCUT2D eigenvalue weighted by Crippen LogP contribution is -2.15. The normalized spacial score (nSPS) is 12.6. The number of aryl methyl sites for hydroxylation is 1. The summed E-state index contributed by atoms with van der Waals surface area (Å²) in [6.07, 6.45) is 3.13. The van der Waals surface area contributed by atoms with E-state index in [4.69, 9.17) is 0 Å². The summed E-state index contributed by atoms with van der Waals surface area (Å²) < 4.78 is 2.82. The van der Waals surface area contributed by atoms with E-state index in [9.17, 15) is 5.11 Å². The number of hydrogen-bond donors (Lipinski definition) is 1. The molecule has 0 saturated heterocycles. The van der Waals surface area contributed by atoms with Crippen molar-refractivity contribution in [2.75, 3.05) is 6.61 Å². The molecule has 0 aliphatic rings. The first-order chi connectivity index (χ1) is 8.69. The van der Waals surface area contributed by atoms with Crippen LogP contribution in [-0.2, 0) is 19.9 Å². The van der Waals surface area contributed by atoms with E-state index < -0.39 is 0 Å². The molecule has 1 heterocycles. The molecule has 4 nitrogen and oxygen atoms in total. The predicted octanol–water partition coefficient (Wildman–Crippen LogP) is 1.97. The molecule has 0 bridgehead atoms. The van der Waals surface area contributed by atoms with Crippen molar-refractivity contribution >= 4 is 15.9 Å². The van der Waals surface area contributed by atoms with Gasteiger partial charge in [-0.1, -0.05) is 28.1 Å². The Morgan fingerprint density at radius 3 is 2.56 bits per heavy atom. The maximum absolute atomic E-state index is 9.46. The highest BCUT2D eigenvalue weighted by Crippen LogP contribution is 2.16. The van der Waals surface area contributed by atoms with E-state index in [0.717, 1.165) is 23.1 Å². The van der Waals surface area contributed by atoms with Gasteiger partial charge in [0, 0.05) is 24.5 Å². The van der Waals surface area contributed by atoms with Crippen LogP contribution in [0.2, 0.25) is 0 Å². The van der Waals surface area contributed by atoms with Gasteiger partial charge >= 0.3 is 0 Å². The van der Waals surface area contributed by atoms with Crippen molar-refractivity contribution in [3.8, 4) is 0 Å². The van der Waals surface area contributed by atoms with Crippen LogP contribution in [0.25, 0.3) is 0 Å². The number of aliphatic hydroxyl groups is 1. The number of halogens is 1. The molecule has 2 rings (SSSR count). The Balaban J connectivity index is 2.01. The van der Waals surface area contributed by atoms with Crippen molar-refractivity contribution < 1.29 is 5.11 Å². The monoisotopic (exact) mass is 309 g/mol. The van der Waals surface area contributed by atoms with Crippen LogP contribution in [0.15, 0.2) is 35.1 Å². The first kappa shape index (κ1) is 13.2. The smallest absolute Gasteiger partial charge is 0.138 e. The topological polar surface area (TPSA) is 50.9 Å². The van der Waals surface area contributed by atoms with Gasteiger partial charge in [0.2, 0.25) is 0 Å². The lowest BCUT2D eigenvalue weighted by molar-refractivity contribution is 0.222. The van der Waals surface area contributed by atoms with Crippen LogP contribution >= 0.6 is 15.9 Å². The zero-order valence-electron chi connectivity index (χ0n) is 10.3. The molecule has 1 aromatic heterocycles. The molecule has 5 heteroatoms. The van der Waals surface area contributed by atoms with Gasteiger partial charge in [-0.15, -0.1) is 0 Å². The Morgan fingerprint density at radius 1 is 1.28 bits per heavy atom. The highest BCUT2D eigenvalue weighted by molar-refractivity contribution is 9.10. The van der Waals surface area contributed by atoms with Crippen LogP contribution in [0.3, 0.4) is 0 Å². The van der Waals surface area contributed by atoms with Crippen LogP contribution in [0, 0.1) is 5.92 Å². The molecule has 0 aliphatic carbocycles. The fourth-order valence-electron chi connectivity index (χ4n) is 1.92.